The molecular formula is C33H47N3O6. The first-order chi connectivity index (χ1) is 20.4. The minimum absolute atomic E-state index is 0.128. The maximum absolute atomic E-state index is 14.6. The summed E-state index contributed by atoms with van der Waals surface area (Å²) in [4.78, 5) is 47.6. The molecule has 3 heterocycles. The Labute approximate surface area is 250 Å². The van der Waals surface area contributed by atoms with Gasteiger partial charge in [-0.25, -0.2) is 0 Å². The molecule has 1 aromatic rings. The summed E-state index contributed by atoms with van der Waals surface area (Å²) in [5, 5.41) is 9.18. The maximum atomic E-state index is 14.6. The van der Waals surface area contributed by atoms with Crippen LogP contribution in [0.4, 0.5) is 11.4 Å². The molecule has 3 aliphatic heterocycles. The number of benzene rings is 1. The number of anilines is 2. The molecule has 230 valence electrons. The summed E-state index contributed by atoms with van der Waals surface area (Å²) in [7, 11) is 0. The van der Waals surface area contributed by atoms with Crippen molar-refractivity contribution < 1.29 is 29.0 Å². The van der Waals surface area contributed by atoms with Crippen molar-refractivity contribution in [2.75, 3.05) is 49.2 Å². The van der Waals surface area contributed by atoms with Crippen LogP contribution >= 0.6 is 0 Å². The van der Waals surface area contributed by atoms with Gasteiger partial charge in [-0.1, -0.05) is 25.0 Å². The van der Waals surface area contributed by atoms with Crippen molar-refractivity contribution in [1.29, 1.82) is 0 Å². The number of aliphatic hydroxyl groups is 1. The number of ether oxygens (including phenoxy) is 2. The van der Waals surface area contributed by atoms with Gasteiger partial charge in [-0.2, -0.15) is 0 Å². The number of hydrogen-bond donors (Lipinski definition) is 1. The summed E-state index contributed by atoms with van der Waals surface area (Å²) in [5.74, 6) is -2.36. The predicted molar refractivity (Wildman–Crippen MR) is 163 cm³/mol. The van der Waals surface area contributed by atoms with Gasteiger partial charge < -0.3 is 29.3 Å². The van der Waals surface area contributed by atoms with E-state index in [1.807, 2.05) is 24.3 Å². The predicted octanol–water partition coefficient (Wildman–Crippen LogP) is 4.10. The van der Waals surface area contributed by atoms with Crippen molar-refractivity contribution in [3.05, 3.63) is 49.6 Å². The zero-order valence-corrected chi connectivity index (χ0v) is 25.2. The van der Waals surface area contributed by atoms with E-state index in [2.05, 4.69) is 31.9 Å². The van der Waals surface area contributed by atoms with Crippen LogP contribution in [0.3, 0.4) is 0 Å². The Morgan fingerprint density at radius 3 is 2.43 bits per heavy atom. The number of likely N-dealkylation sites (tertiary alicyclic amines) is 1. The van der Waals surface area contributed by atoms with E-state index in [1.54, 1.807) is 22.0 Å². The van der Waals surface area contributed by atoms with Gasteiger partial charge >= 0.3 is 5.97 Å². The number of amides is 2. The molecule has 42 heavy (non-hydrogen) atoms. The fourth-order valence-electron chi connectivity index (χ4n) is 7.06. The summed E-state index contributed by atoms with van der Waals surface area (Å²) in [5.41, 5.74) is 0.718. The van der Waals surface area contributed by atoms with Crippen molar-refractivity contribution in [3.63, 3.8) is 0 Å². The lowest BCUT2D eigenvalue weighted by atomic mass is 9.70. The van der Waals surface area contributed by atoms with Crippen LogP contribution in [0.2, 0.25) is 0 Å². The second kappa shape index (κ2) is 14.3. The zero-order valence-electron chi connectivity index (χ0n) is 25.2. The normalized spacial score (nSPS) is 25.8. The van der Waals surface area contributed by atoms with Crippen molar-refractivity contribution in [3.8, 4) is 0 Å². The van der Waals surface area contributed by atoms with Crippen molar-refractivity contribution in [2.45, 2.75) is 76.5 Å². The van der Waals surface area contributed by atoms with Gasteiger partial charge in [0, 0.05) is 44.2 Å². The Bertz CT molecular complexity index is 1120. The second-order valence-corrected chi connectivity index (χ2v) is 11.4. The van der Waals surface area contributed by atoms with Gasteiger partial charge in [0.15, 0.2) is 0 Å². The molecule has 3 saturated heterocycles. The summed E-state index contributed by atoms with van der Waals surface area (Å²) in [6.45, 7) is 14.5. The molecule has 9 nitrogen and oxygen atoms in total. The van der Waals surface area contributed by atoms with Crippen LogP contribution in [0.15, 0.2) is 49.6 Å². The third-order valence-corrected chi connectivity index (χ3v) is 9.05. The van der Waals surface area contributed by atoms with Gasteiger partial charge in [0.1, 0.15) is 11.6 Å². The summed E-state index contributed by atoms with van der Waals surface area (Å²) in [6.07, 6.45) is 7.63. The Balaban J connectivity index is 1.66. The molecule has 0 radical (unpaired) electrons. The van der Waals surface area contributed by atoms with E-state index in [4.69, 9.17) is 9.47 Å². The minimum Gasteiger partial charge on any atom is -0.465 e. The molecule has 2 unspecified atom stereocenters. The van der Waals surface area contributed by atoms with E-state index in [9.17, 15) is 19.5 Å². The first-order valence-corrected chi connectivity index (χ1v) is 15.5. The standard InChI is InChI=1S/C33H47N3O6/c1-5-9-23-41-32(40)27-26-18-19-33(42-26)28(27)30(38)36(21-12-10-11-13-22-37)29(33)31(39)35(20-6-2)25-16-14-24(15-17-25)34(7-3)8-4/h5-6,14-17,26-29,37H,1-2,7-13,18-23H2,3-4H3/t26-,27+,28-,29?,33?/m0/s1. The molecular weight excluding hydrogens is 534 g/mol. The van der Waals surface area contributed by atoms with Crippen molar-refractivity contribution in [2.24, 2.45) is 11.8 Å². The maximum Gasteiger partial charge on any atom is 0.312 e. The van der Waals surface area contributed by atoms with Gasteiger partial charge in [-0.15, -0.1) is 13.2 Å². The van der Waals surface area contributed by atoms with E-state index in [-0.39, 0.29) is 31.6 Å². The highest BCUT2D eigenvalue weighted by atomic mass is 16.6. The largest absolute Gasteiger partial charge is 0.465 e. The van der Waals surface area contributed by atoms with E-state index >= 15 is 0 Å². The number of esters is 1. The lowest BCUT2D eigenvalue weighted by Crippen LogP contribution is -2.56. The van der Waals surface area contributed by atoms with Crippen LogP contribution in [-0.4, -0.2) is 84.9 Å². The van der Waals surface area contributed by atoms with E-state index in [0.29, 0.717) is 38.6 Å². The van der Waals surface area contributed by atoms with E-state index < -0.39 is 35.6 Å². The molecule has 0 aromatic heterocycles. The molecule has 3 aliphatic rings. The van der Waals surface area contributed by atoms with Gasteiger partial charge in [0.25, 0.3) is 5.91 Å². The Morgan fingerprint density at radius 2 is 1.79 bits per heavy atom. The number of nitrogens with zero attached hydrogens (tertiary/aromatic N) is 3. The summed E-state index contributed by atoms with van der Waals surface area (Å²) in [6, 6.07) is 7.04. The zero-order chi connectivity index (χ0) is 30.3. The van der Waals surface area contributed by atoms with Crippen LogP contribution in [0, 0.1) is 11.8 Å². The second-order valence-electron chi connectivity index (χ2n) is 11.4. The fourth-order valence-corrected chi connectivity index (χ4v) is 7.06. The van der Waals surface area contributed by atoms with Gasteiger partial charge in [-0.3, -0.25) is 14.4 Å². The third kappa shape index (κ3) is 5.99. The quantitative estimate of drug-likeness (QED) is 0.168. The molecule has 0 saturated carbocycles. The molecule has 1 spiro atoms. The first-order valence-electron chi connectivity index (χ1n) is 15.5. The van der Waals surface area contributed by atoms with Crippen LogP contribution in [-0.2, 0) is 23.9 Å². The highest BCUT2D eigenvalue weighted by molar-refractivity contribution is 6.04. The topological polar surface area (TPSA) is 99.6 Å². The third-order valence-electron chi connectivity index (χ3n) is 9.05. The smallest absolute Gasteiger partial charge is 0.312 e. The lowest BCUT2D eigenvalue weighted by molar-refractivity contribution is -0.155. The number of aliphatic hydroxyl groups excluding tert-OH is 1. The van der Waals surface area contributed by atoms with Gasteiger partial charge in [0.05, 0.1) is 24.5 Å². The summed E-state index contributed by atoms with van der Waals surface area (Å²) >= 11 is 0. The van der Waals surface area contributed by atoms with Crippen LogP contribution in [0.1, 0.15) is 58.8 Å². The van der Waals surface area contributed by atoms with Crippen LogP contribution in [0.5, 0.6) is 0 Å². The number of rotatable bonds is 17. The average Bonchev–Trinajstić information content (AvgIpc) is 3.64. The molecule has 1 aromatic carbocycles. The molecule has 0 aliphatic carbocycles. The first kappa shape index (κ1) is 31.8. The number of carbonyl (C=O) groups is 3. The molecule has 2 amide bonds. The summed E-state index contributed by atoms with van der Waals surface area (Å²) < 4.78 is 12.1. The number of fused-ring (bicyclic) bond motifs is 1. The molecule has 4 rings (SSSR count). The molecule has 9 heteroatoms. The number of hydrogen-bond acceptors (Lipinski definition) is 7. The Morgan fingerprint density at radius 1 is 1.10 bits per heavy atom. The van der Waals surface area contributed by atoms with Crippen molar-refractivity contribution >= 4 is 29.2 Å². The van der Waals surface area contributed by atoms with Crippen molar-refractivity contribution in [1.82, 2.24) is 4.90 Å². The number of carbonyl (C=O) groups excluding carboxylic acids is 3. The minimum atomic E-state index is -1.08. The highest BCUT2D eigenvalue weighted by Gasteiger charge is 2.75. The average molecular weight is 582 g/mol. The van der Waals surface area contributed by atoms with Crippen LogP contribution in [0.25, 0.3) is 0 Å². The molecule has 3 fully saturated rings. The van der Waals surface area contributed by atoms with E-state index in [1.165, 1.54) is 0 Å². The van der Waals surface area contributed by atoms with E-state index in [0.717, 1.165) is 37.3 Å². The Kier molecular flexibility index (Phi) is 10.8. The molecule has 1 N–H and O–H groups in total. The highest BCUT2D eigenvalue weighted by Crippen LogP contribution is 2.59. The Hall–Kier alpha value is -3.17. The van der Waals surface area contributed by atoms with Gasteiger partial charge in [-0.05, 0) is 70.2 Å². The molecule has 2 bridgehead atoms. The lowest BCUT2D eigenvalue weighted by Gasteiger charge is -2.37. The monoisotopic (exact) mass is 581 g/mol. The fraction of sp³-hybridized carbons (Fsp3) is 0.606. The van der Waals surface area contributed by atoms with Crippen LogP contribution < -0.4 is 9.80 Å². The molecule has 5 atom stereocenters. The number of unbranched alkanes of at least 4 members (excludes halogenated alkanes) is 3. The SMILES string of the molecule is C=CCCOC(=O)[C@@H]1[C@@H]2CCC3(O2)C(C(=O)N(CC=C)c2ccc(N(CC)CC)cc2)N(CCCCCCO)C(=O)[C@H]13. The van der Waals surface area contributed by atoms with Gasteiger partial charge in [0.2, 0.25) is 5.91 Å².